The van der Waals surface area contributed by atoms with E-state index in [0.29, 0.717) is 35.4 Å². The Labute approximate surface area is 246 Å². The third-order valence-corrected chi connectivity index (χ3v) is 9.03. The summed E-state index contributed by atoms with van der Waals surface area (Å²) in [6.07, 6.45) is 2.79. The number of piperazine rings is 1. The Morgan fingerprint density at radius 1 is 1.02 bits per heavy atom. The average Bonchev–Trinajstić information content (AvgIpc) is 2.93. The summed E-state index contributed by atoms with van der Waals surface area (Å²) in [5.41, 5.74) is 2.85. The van der Waals surface area contributed by atoms with Gasteiger partial charge in [0.15, 0.2) is 6.73 Å². The van der Waals surface area contributed by atoms with Crippen LogP contribution in [0.3, 0.4) is 0 Å². The van der Waals surface area contributed by atoms with Crippen molar-refractivity contribution >= 4 is 46.6 Å². The molecular formula is C30H39Cl2N4O4+. The van der Waals surface area contributed by atoms with Crippen molar-refractivity contribution in [2.45, 2.75) is 32.6 Å². The summed E-state index contributed by atoms with van der Waals surface area (Å²) in [5, 5.41) is 1.22. The fraction of sp³-hybridized carbons (Fsp3) is 0.533. The lowest BCUT2D eigenvalue weighted by Gasteiger charge is -2.42. The number of carbonyl (C=O) groups excluding carboxylic acids is 2. The van der Waals surface area contributed by atoms with Crippen LogP contribution in [0.25, 0.3) is 0 Å². The standard InChI is InChI=1S/C30H39Cl2N4O4/c1-22-19-36(2,20-22)30(38)40-21-35-27-18-24(10-8-23(27)9-11-28(35)37)39-17-4-3-12-33-13-15-34(16-14-33)26-7-5-6-25(31)29(26)32/h5-8,10,18,22H,3-4,9,11-17,19-21H2,1-2H3/q+1. The molecule has 216 valence electrons. The maximum absolute atomic E-state index is 12.7. The molecule has 2 aromatic carbocycles. The van der Waals surface area contributed by atoms with Crippen LogP contribution in [-0.2, 0) is 16.0 Å². The van der Waals surface area contributed by atoms with Gasteiger partial charge in [0, 0.05) is 38.7 Å². The van der Waals surface area contributed by atoms with Crippen molar-refractivity contribution < 1.29 is 23.5 Å². The van der Waals surface area contributed by atoms with E-state index in [1.54, 1.807) is 4.90 Å². The summed E-state index contributed by atoms with van der Waals surface area (Å²) < 4.78 is 11.9. The zero-order valence-electron chi connectivity index (χ0n) is 23.4. The lowest BCUT2D eigenvalue weighted by atomic mass is 10.0. The Morgan fingerprint density at radius 3 is 2.55 bits per heavy atom. The van der Waals surface area contributed by atoms with E-state index in [1.807, 2.05) is 43.4 Å². The van der Waals surface area contributed by atoms with Crippen LogP contribution in [0.2, 0.25) is 10.0 Å². The predicted molar refractivity (Wildman–Crippen MR) is 159 cm³/mol. The van der Waals surface area contributed by atoms with Crippen LogP contribution in [0.4, 0.5) is 16.2 Å². The highest BCUT2D eigenvalue weighted by atomic mass is 35.5. The second kappa shape index (κ2) is 12.6. The molecule has 0 saturated carbocycles. The lowest BCUT2D eigenvalue weighted by Crippen LogP contribution is -2.63. The molecule has 2 aromatic rings. The van der Waals surface area contributed by atoms with Crippen LogP contribution < -0.4 is 14.5 Å². The van der Waals surface area contributed by atoms with Gasteiger partial charge in [-0.2, -0.15) is 4.79 Å². The number of aryl methyl sites for hydroxylation is 1. The molecule has 0 unspecified atom stereocenters. The third-order valence-electron chi connectivity index (χ3n) is 8.23. The fourth-order valence-electron chi connectivity index (χ4n) is 6.07. The highest BCUT2D eigenvalue weighted by molar-refractivity contribution is 6.43. The molecule has 2 fully saturated rings. The van der Waals surface area contributed by atoms with Crippen LogP contribution in [0, 0.1) is 5.92 Å². The number of fused-ring (bicyclic) bond motifs is 1. The molecule has 0 aliphatic carbocycles. The molecule has 3 aliphatic rings. The zero-order chi connectivity index (χ0) is 28.3. The number of hydrogen-bond donors (Lipinski definition) is 0. The highest BCUT2D eigenvalue weighted by Crippen LogP contribution is 2.34. The molecule has 0 bridgehead atoms. The van der Waals surface area contributed by atoms with Crippen molar-refractivity contribution in [2.75, 3.05) is 76.0 Å². The fourth-order valence-corrected chi connectivity index (χ4v) is 6.49. The molecule has 5 rings (SSSR count). The molecule has 0 atom stereocenters. The van der Waals surface area contributed by atoms with Gasteiger partial charge in [0.05, 0.1) is 54.1 Å². The molecule has 3 heterocycles. The number of halogens is 2. The summed E-state index contributed by atoms with van der Waals surface area (Å²) in [5.74, 6) is 1.21. The van der Waals surface area contributed by atoms with E-state index in [4.69, 9.17) is 32.7 Å². The van der Waals surface area contributed by atoms with Gasteiger partial charge in [0.1, 0.15) is 5.75 Å². The second-order valence-electron chi connectivity index (χ2n) is 11.5. The van der Waals surface area contributed by atoms with Crippen LogP contribution in [0.15, 0.2) is 36.4 Å². The van der Waals surface area contributed by atoms with Crippen LogP contribution in [0.5, 0.6) is 5.75 Å². The number of quaternary nitrogens is 1. The second-order valence-corrected chi connectivity index (χ2v) is 12.3. The van der Waals surface area contributed by atoms with Gasteiger partial charge >= 0.3 is 6.09 Å². The van der Waals surface area contributed by atoms with Crippen molar-refractivity contribution in [3.63, 3.8) is 0 Å². The molecule has 2 saturated heterocycles. The zero-order valence-corrected chi connectivity index (χ0v) is 24.9. The molecule has 10 heteroatoms. The first-order valence-corrected chi connectivity index (χ1v) is 15.0. The van der Waals surface area contributed by atoms with E-state index < -0.39 is 0 Å². The topological polar surface area (TPSA) is 62.3 Å². The number of ether oxygens (including phenoxy) is 2. The minimum atomic E-state index is -0.278. The number of rotatable bonds is 9. The van der Waals surface area contributed by atoms with Gasteiger partial charge in [-0.25, -0.2) is 4.48 Å². The van der Waals surface area contributed by atoms with E-state index in [1.165, 1.54) is 0 Å². The summed E-state index contributed by atoms with van der Waals surface area (Å²) >= 11 is 12.6. The monoisotopic (exact) mass is 589 g/mol. The van der Waals surface area contributed by atoms with Crippen molar-refractivity contribution in [1.29, 1.82) is 0 Å². The van der Waals surface area contributed by atoms with E-state index in [0.717, 1.165) is 81.3 Å². The number of nitrogens with zero attached hydrogens (tertiary/aromatic N) is 4. The average molecular weight is 591 g/mol. The summed E-state index contributed by atoms with van der Waals surface area (Å²) in [7, 11) is 1.89. The highest BCUT2D eigenvalue weighted by Gasteiger charge is 2.46. The van der Waals surface area contributed by atoms with Crippen LogP contribution in [-0.4, -0.2) is 87.6 Å². The Hall–Kier alpha value is -2.52. The smallest absolute Gasteiger partial charge is 0.494 e. The molecular weight excluding hydrogens is 551 g/mol. The Morgan fingerprint density at radius 2 is 1.80 bits per heavy atom. The van der Waals surface area contributed by atoms with E-state index >= 15 is 0 Å². The van der Waals surface area contributed by atoms with Crippen molar-refractivity contribution in [3.05, 3.63) is 52.0 Å². The Bertz CT molecular complexity index is 1230. The van der Waals surface area contributed by atoms with Gasteiger partial charge in [0.25, 0.3) is 0 Å². The molecule has 2 amide bonds. The molecule has 0 spiro atoms. The molecule has 0 radical (unpaired) electrons. The van der Waals surface area contributed by atoms with Crippen molar-refractivity contribution in [2.24, 2.45) is 5.92 Å². The molecule has 0 aromatic heterocycles. The maximum atomic E-state index is 12.7. The molecule has 8 nitrogen and oxygen atoms in total. The van der Waals surface area contributed by atoms with Crippen LogP contribution in [0.1, 0.15) is 31.7 Å². The number of unbranched alkanes of at least 4 members (excludes halogenated alkanes) is 1. The molecule has 40 heavy (non-hydrogen) atoms. The van der Waals surface area contributed by atoms with Crippen LogP contribution >= 0.6 is 23.2 Å². The predicted octanol–water partition coefficient (Wildman–Crippen LogP) is 5.44. The van der Waals surface area contributed by atoms with Crippen molar-refractivity contribution in [3.8, 4) is 5.75 Å². The number of amides is 2. The largest absolute Gasteiger partial charge is 0.517 e. The van der Waals surface area contributed by atoms with Gasteiger partial charge in [0.2, 0.25) is 5.91 Å². The minimum absolute atomic E-state index is 0.0326. The van der Waals surface area contributed by atoms with E-state index in [9.17, 15) is 9.59 Å². The summed E-state index contributed by atoms with van der Waals surface area (Å²) in [6.45, 7) is 9.06. The number of likely N-dealkylation sites (tertiary alicyclic amines) is 1. The quantitative estimate of drug-likeness (QED) is 0.286. The first-order chi connectivity index (χ1) is 19.2. The Balaban J connectivity index is 1.06. The third kappa shape index (κ3) is 6.51. The first kappa shape index (κ1) is 29.0. The summed E-state index contributed by atoms with van der Waals surface area (Å²) in [4.78, 5) is 31.7. The number of benzene rings is 2. The Kier molecular flexibility index (Phi) is 9.10. The number of carbonyl (C=O) groups is 2. The molecule has 0 N–H and O–H groups in total. The maximum Gasteiger partial charge on any atom is 0.517 e. The van der Waals surface area contributed by atoms with Gasteiger partial charge < -0.3 is 14.4 Å². The number of anilines is 2. The minimum Gasteiger partial charge on any atom is -0.494 e. The van der Waals surface area contributed by atoms with E-state index in [-0.39, 0.29) is 23.2 Å². The normalized spacial score (nSPS) is 23.0. The van der Waals surface area contributed by atoms with E-state index in [2.05, 4.69) is 16.7 Å². The van der Waals surface area contributed by atoms with Gasteiger partial charge in [-0.15, -0.1) is 0 Å². The van der Waals surface area contributed by atoms with Gasteiger partial charge in [-0.3, -0.25) is 14.6 Å². The molecule has 3 aliphatic heterocycles. The van der Waals surface area contributed by atoms with Gasteiger partial charge in [-0.1, -0.05) is 42.3 Å². The van der Waals surface area contributed by atoms with Crippen molar-refractivity contribution in [1.82, 2.24) is 4.90 Å². The van der Waals surface area contributed by atoms with Gasteiger partial charge in [-0.05, 0) is 49.6 Å². The summed E-state index contributed by atoms with van der Waals surface area (Å²) in [6, 6.07) is 11.7. The first-order valence-electron chi connectivity index (χ1n) is 14.2. The lowest BCUT2D eigenvalue weighted by molar-refractivity contribution is -0.888. The number of hydrogen-bond acceptors (Lipinski definition) is 6. The SMILES string of the molecule is CC1C[N+](C)(C(=O)OCN2C(=O)CCc3ccc(OCCCCN4CCN(c5cccc(Cl)c5Cl)CC4)cc32)C1.